The first kappa shape index (κ1) is 38.6. The lowest BCUT2D eigenvalue weighted by molar-refractivity contribution is -0.147. The average molecular weight is 610 g/mol. The Bertz CT molecular complexity index is 937. The third-order valence-corrected chi connectivity index (χ3v) is 8.95. The fourth-order valence-corrected chi connectivity index (χ4v) is 6.27. The van der Waals surface area contributed by atoms with Gasteiger partial charge in [-0.05, 0) is 44.4 Å². The van der Waals surface area contributed by atoms with Crippen LogP contribution in [0, 0.1) is 17.8 Å². The molecule has 1 fully saturated rings. The zero-order chi connectivity index (χ0) is 32.9. The third kappa shape index (κ3) is 11.2. The number of nitrogens with one attached hydrogen (secondary N) is 1. The molecule has 0 aromatic carbocycles. The molecule has 7 unspecified atom stereocenters. The molecule has 7 atom stereocenters. The van der Waals surface area contributed by atoms with Crippen molar-refractivity contribution in [3.05, 3.63) is 11.6 Å². The van der Waals surface area contributed by atoms with Crippen molar-refractivity contribution in [2.75, 3.05) is 27.8 Å². The predicted octanol–water partition coefficient (Wildman–Crippen LogP) is 4.66. The van der Waals surface area contributed by atoms with Gasteiger partial charge in [0.25, 0.3) is 0 Å². The summed E-state index contributed by atoms with van der Waals surface area (Å²) in [5.41, 5.74) is 0.985. The molecule has 0 spiro atoms. The smallest absolute Gasteiger partial charge is 0.326 e. The summed E-state index contributed by atoms with van der Waals surface area (Å²) >= 11 is 0. The summed E-state index contributed by atoms with van der Waals surface area (Å²) in [6.45, 7) is 14.3. The minimum Gasteiger partial charge on any atom is -0.480 e. The van der Waals surface area contributed by atoms with Crippen LogP contribution in [0.3, 0.4) is 0 Å². The second-order valence-electron chi connectivity index (χ2n) is 12.5. The van der Waals surface area contributed by atoms with Gasteiger partial charge in [0, 0.05) is 34.2 Å². The zero-order valence-electron chi connectivity index (χ0n) is 28.4. The Morgan fingerprint density at radius 1 is 1.05 bits per heavy atom. The van der Waals surface area contributed by atoms with Crippen LogP contribution < -0.4 is 5.32 Å². The number of carboxylic acid groups (broad SMARTS) is 1. The number of hydrogen-bond donors (Lipinski definition) is 2. The number of carbonyl (C=O) groups excluding carboxylic acids is 3. The Morgan fingerprint density at radius 3 is 2.19 bits per heavy atom. The molecule has 0 radical (unpaired) electrons. The molecule has 0 saturated carbocycles. The number of aliphatic carboxylic acids is 1. The van der Waals surface area contributed by atoms with Gasteiger partial charge in [-0.15, -0.1) is 0 Å². The van der Waals surface area contributed by atoms with E-state index in [4.69, 9.17) is 9.47 Å². The van der Waals surface area contributed by atoms with E-state index in [-0.39, 0.29) is 48.6 Å². The molecule has 3 amide bonds. The maximum Gasteiger partial charge on any atom is 0.326 e. The maximum absolute atomic E-state index is 13.8. The van der Waals surface area contributed by atoms with E-state index < -0.39 is 36.0 Å². The van der Waals surface area contributed by atoms with Crippen LogP contribution in [0.25, 0.3) is 0 Å². The molecule has 0 bridgehead atoms. The Hall–Kier alpha value is -2.46. The highest BCUT2D eigenvalue weighted by atomic mass is 16.5. The Labute approximate surface area is 259 Å². The summed E-state index contributed by atoms with van der Waals surface area (Å²) in [6, 6.07) is -1.65. The van der Waals surface area contributed by atoms with Crippen molar-refractivity contribution in [2.24, 2.45) is 17.8 Å². The minimum atomic E-state index is -1.08. The highest BCUT2D eigenvalue weighted by molar-refractivity contribution is 5.85. The molecule has 10 nitrogen and oxygen atoms in total. The number of likely N-dealkylation sites (N-methyl/N-ethyl adjacent to an activating group) is 1. The predicted molar refractivity (Wildman–Crippen MR) is 168 cm³/mol. The number of methoxy groups -OCH3 is 2. The number of allylic oxidation sites excluding steroid dienone is 1. The molecular weight excluding hydrogens is 550 g/mol. The van der Waals surface area contributed by atoms with E-state index in [1.54, 1.807) is 30.9 Å². The number of carbonyl (C=O) groups is 4. The molecule has 0 aromatic heterocycles. The lowest BCUT2D eigenvalue weighted by atomic mass is 9.90. The monoisotopic (exact) mass is 609 g/mol. The molecule has 0 aromatic rings. The summed E-state index contributed by atoms with van der Waals surface area (Å²) in [6.07, 6.45) is 5.50. The van der Waals surface area contributed by atoms with Crippen molar-refractivity contribution in [3.8, 4) is 0 Å². The maximum atomic E-state index is 13.8. The van der Waals surface area contributed by atoms with Gasteiger partial charge in [-0.3, -0.25) is 14.4 Å². The van der Waals surface area contributed by atoms with Gasteiger partial charge in [0.1, 0.15) is 6.04 Å². The van der Waals surface area contributed by atoms with Crippen LogP contribution in [0.4, 0.5) is 0 Å². The van der Waals surface area contributed by atoms with Crippen molar-refractivity contribution >= 4 is 23.7 Å². The van der Waals surface area contributed by atoms with Gasteiger partial charge in [0.15, 0.2) is 0 Å². The van der Waals surface area contributed by atoms with Crippen LogP contribution in [0.5, 0.6) is 0 Å². The van der Waals surface area contributed by atoms with E-state index >= 15 is 0 Å². The normalized spacial score (nSPS) is 19.8. The number of hydrogen-bond acceptors (Lipinski definition) is 6. The summed E-state index contributed by atoms with van der Waals surface area (Å²) in [5, 5.41) is 12.5. The highest BCUT2D eigenvalue weighted by Crippen LogP contribution is 2.29. The fourth-order valence-electron chi connectivity index (χ4n) is 6.27. The van der Waals surface area contributed by atoms with Crippen molar-refractivity contribution < 1.29 is 33.8 Å². The summed E-state index contributed by atoms with van der Waals surface area (Å²) in [5.74, 6) is -1.92. The van der Waals surface area contributed by atoms with E-state index in [9.17, 15) is 24.3 Å². The molecule has 1 rings (SSSR count). The number of ether oxygens (including phenoxy) is 2. The number of carboxylic acids is 1. The van der Waals surface area contributed by atoms with Gasteiger partial charge in [0.05, 0.1) is 36.6 Å². The molecule has 1 aliphatic heterocycles. The van der Waals surface area contributed by atoms with Crippen LogP contribution in [0.15, 0.2) is 11.6 Å². The highest BCUT2D eigenvalue weighted by Gasteiger charge is 2.42. The van der Waals surface area contributed by atoms with Crippen molar-refractivity contribution in [1.29, 1.82) is 0 Å². The molecular formula is C33H59N3O7. The van der Waals surface area contributed by atoms with E-state index in [1.165, 1.54) is 7.11 Å². The van der Waals surface area contributed by atoms with E-state index in [0.717, 1.165) is 31.3 Å². The van der Waals surface area contributed by atoms with E-state index in [0.29, 0.717) is 19.4 Å². The van der Waals surface area contributed by atoms with Crippen LogP contribution in [-0.4, -0.2) is 96.7 Å². The SMILES string of the molecule is C/C=C(\CCC)CC(NC(=O)C(C)C(OC)C1CCCN1C(=O)CC(OC)C(C(C)CC)N(C)C(=O)CC(C)C)C(=O)O. The Kier molecular flexibility index (Phi) is 17.1. The van der Waals surface area contributed by atoms with Gasteiger partial charge >= 0.3 is 5.97 Å². The summed E-state index contributed by atoms with van der Waals surface area (Å²) < 4.78 is 11.7. The molecule has 2 N–H and O–H groups in total. The quantitative estimate of drug-likeness (QED) is 0.204. The number of likely N-dealkylation sites (tertiary alicyclic amines) is 1. The van der Waals surface area contributed by atoms with Gasteiger partial charge < -0.3 is 29.7 Å². The Morgan fingerprint density at radius 2 is 1.70 bits per heavy atom. The molecule has 1 saturated heterocycles. The molecule has 1 heterocycles. The summed E-state index contributed by atoms with van der Waals surface area (Å²) in [4.78, 5) is 55.6. The van der Waals surface area contributed by atoms with Crippen molar-refractivity contribution in [3.63, 3.8) is 0 Å². The molecule has 1 aliphatic rings. The number of amides is 3. The zero-order valence-corrected chi connectivity index (χ0v) is 28.4. The van der Waals surface area contributed by atoms with Gasteiger partial charge in [-0.1, -0.05) is 66.0 Å². The standard InChI is InChI=1S/C33H59N3O7/c1-11-15-24(13-3)19-25(33(40)41)34-32(39)23(7)31(43-10)26-16-14-17-36(26)29(38)20-27(42-9)30(22(6)12-2)35(8)28(37)18-21(4)5/h13,21-23,25-27,30-31H,11-12,14-20H2,1-10H3,(H,34,39)(H,40,41)/b24-13+. The summed E-state index contributed by atoms with van der Waals surface area (Å²) in [7, 11) is 4.90. The first-order valence-corrected chi connectivity index (χ1v) is 16.0. The molecule has 248 valence electrons. The third-order valence-electron chi connectivity index (χ3n) is 8.95. The topological polar surface area (TPSA) is 125 Å². The van der Waals surface area contributed by atoms with Crippen molar-refractivity contribution in [2.45, 2.75) is 130 Å². The minimum absolute atomic E-state index is 0.0315. The molecule has 43 heavy (non-hydrogen) atoms. The largest absolute Gasteiger partial charge is 0.480 e. The Balaban J connectivity index is 3.11. The van der Waals surface area contributed by atoms with E-state index in [1.807, 2.05) is 33.8 Å². The molecule has 0 aliphatic carbocycles. The average Bonchev–Trinajstić information content (AvgIpc) is 3.45. The first-order chi connectivity index (χ1) is 20.3. The van der Waals surface area contributed by atoms with Crippen LogP contribution in [0.2, 0.25) is 0 Å². The van der Waals surface area contributed by atoms with Gasteiger partial charge in [0.2, 0.25) is 17.7 Å². The van der Waals surface area contributed by atoms with Crippen LogP contribution >= 0.6 is 0 Å². The molecule has 10 heteroatoms. The fraction of sp³-hybridized carbons (Fsp3) is 0.818. The van der Waals surface area contributed by atoms with Crippen LogP contribution in [0.1, 0.15) is 99.8 Å². The van der Waals surface area contributed by atoms with Crippen LogP contribution in [-0.2, 0) is 28.7 Å². The second-order valence-corrected chi connectivity index (χ2v) is 12.5. The van der Waals surface area contributed by atoms with E-state index in [2.05, 4.69) is 19.2 Å². The van der Waals surface area contributed by atoms with Crippen molar-refractivity contribution in [1.82, 2.24) is 15.1 Å². The number of rotatable bonds is 19. The first-order valence-electron chi connectivity index (χ1n) is 16.0. The lowest BCUT2D eigenvalue weighted by Crippen LogP contribution is -2.54. The second kappa shape index (κ2) is 19.0. The lowest BCUT2D eigenvalue weighted by Gasteiger charge is -2.39. The number of nitrogens with zero attached hydrogens (tertiary/aromatic N) is 2. The van der Waals surface area contributed by atoms with Gasteiger partial charge in [-0.2, -0.15) is 0 Å². The van der Waals surface area contributed by atoms with Gasteiger partial charge in [-0.25, -0.2) is 4.79 Å².